The monoisotopic (exact) mass is 482 g/mol. The molecule has 0 radical (unpaired) electrons. The van der Waals surface area contributed by atoms with Gasteiger partial charge in [-0.25, -0.2) is 9.59 Å². The summed E-state index contributed by atoms with van der Waals surface area (Å²) in [6.07, 6.45) is 0. The first kappa shape index (κ1) is 22.1. The van der Waals surface area contributed by atoms with E-state index in [-0.39, 0.29) is 0 Å². The third-order valence-corrected chi connectivity index (χ3v) is 5.26. The molecule has 0 aromatic heterocycles. The van der Waals surface area contributed by atoms with Gasteiger partial charge >= 0.3 is 12.1 Å². The Balaban J connectivity index is 1.66. The van der Waals surface area contributed by atoms with Gasteiger partial charge in [0.15, 0.2) is 0 Å². The summed E-state index contributed by atoms with van der Waals surface area (Å²) in [6.45, 7) is 0. The molecule has 30 heavy (non-hydrogen) atoms. The van der Waals surface area contributed by atoms with Gasteiger partial charge in [0.2, 0.25) is 0 Å². The van der Waals surface area contributed by atoms with Crippen molar-refractivity contribution in [2.75, 3.05) is 21.3 Å². The second kappa shape index (κ2) is 9.91. The Kier molecular flexibility index (Phi) is 7.29. The van der Waals surface area contributed by atoms with Crippen LogP contribution in [-0.4, -0.2) is 12.1 Å². The van der Waals surface area contributed by atoms with Crippen LogP contribution >= 0.6 is 46.4 Å². The lowest BCUT2D eigenvalue weighted by atomic mass is 10.2. The van der Waals surface area contributed by atoms with Crippen LogP contribution in [0.1, 0.15) is 0 Å². The van der Waals surface area contributed by atoms with Gasteiger partial charge in [-0.15, -0.1) is 0 Å². The lowest BCUT2D eigenvalue weighted by Gasteiger charge is -2.14. The summed E-state index contributed by atoms with van der Waals surface area (Å²) in [5.41, 5.74) is 1.70. The van der Waals surface area contributed by atoms with Gasteiger partial charge in [0.25, 0.3) is 0 Å². The van der Waals surface area contributed by atoms with Crippen molar-refractivity contribution >= 4 is 81.2 Å². The maximum Gasteiger partial charge on any atom is 0.323 e. The fourth-order valence-electron chi connectivity index (χ4n) is 2.42. The van der Waals surface area contributed by atoms with E-state index in [2.05, 4.69) is 21.3 Å². The SMILES string of the molecule is O=C(Nc1ccc(Cl)c(Cl)c1)Nc1ccccc1NC(=O)Nc1ccc(Cl)c(Cl)c1. The number of carbonyl (C=O) groups is 2. The molecule has 3 aromatic rings. The average molecular weight is 484 g/mol. The van der Waals surface area contributed by atoms with Gasteiger partial charge in [0, 0.05) is 11.4 Å². The lowest BCUT2D eigenvalue weighted by molar-refractivity contribution is 0.261. The molecular formula is C20H14Cl4N4O2. The number of amides is 4. The number of anilines is 4. The van der Waals surface area contributed by atoms with E-state index in [1.165, 1.54) is 12.1 Å². The van der Waals surface area contributed by atoms with Crippen molar-refractivity contribution in [1.29, 1.82) is 0 Å². The number of para-hydroxylation sites is 2. The van der Waals surface area contributed by atoms with E-state index >= 15 is 0 Å². The van der Waals surface area contributed by atoms with E-state index in [4.69, 9.17) is 46.4 Å². The molecule has 0 aliphatic rings. The average Bonchev–Trinajstić information content (AvgIpc) is 2.69. The molecule has 0 aliphatic heterocycles. The maximum absolute atomic E-state index is 12.3. The number of hydrogen-bond acceptors (Lipinski definition) is 2. The Morgan fingerprint density at radius 2 is 0.933 bits per heavy atom. The quantitative estimate of drug-likeness (QED) is 0.308. The molecule has 6 nitrogen and oxygen atoms in total. The van der Waals surface area contributed by atoms with Crippen molar-refractivity contribution in [3.8, 4) is 0 Å². The highest BCUT2D eigenvalue weighted by molar-refractivity contribution is 6.42. The number of carbonyl (C=O) groups excluding carboxylic acids is 2. The Bertz CT molecular complexity index is 1020. The molecule has 4 N–H and O–H groups in total. The molecule has 10 heteroatoms. The summed E-state index contributed by atoms with van der Waals surface area (Å²) in [5.74, 6) is 0. The highest BCUT2D eigenvalue weighted by Gasteiger charge is 2.11. The van der Waals surface area contributed by atoms with Crippen LogP contribution in [0.25, 0.3) is 0 Å². The molecule has 0 saturated carbocycles. The first-order chi connectivity index (χ1) is 14.3. The summed E-state index contributed by atoms with van der Waals surface area (Å²) in [4.78, 5) is 24.6. The first-order valence-corrected chi connectivity index (χ1v) is 9.98. The molecule has 0 fully saturated rings. The van der Waals surface area contributed by atoms with Crippen LogP contribution < -0.4 is 21.3 Å². The molecule has 0 spiro atoms. The molecule has 3 rings (SSSR count). The summed E-state index contributed by atoms with van der Waals surface area (Å²) >= 11 is 23.6. The van der Waals surface area contributed by atoms with Crippen LogP contribution in [-0.2, 0) is 0 Å². The topological polar surface area (TPSA) is 82.3 Å². The van der Waals surface area contributed by atoms with Crippen molar-refractivity contribution in [2.45, 2.75) is 0 Å². The van der Waals surface area contributed by atoms with Crippen LogP contribution in [0, 0.1) is 0 Å². The number of halogens is 4. The molecule has 0 atom stereocenters. The third kappa shape index (κ3) is 5.93. The van der Waals surface area contributed by atoms with Crippen LogP contribution in [0.4, 0.5) is 32.3 Å². The van der Waals surface area contributed by atoms with E-state index in [1.54, 1.807) is 48.5 Å². The number of urea groups is 2. The van der Waals surface area contributed by atoms with Crippen molar-refractivity contribution in [2.24, 2.45) is 0 Å². The number of rotatable bonds is 4. The Morgan fingerprint density at radius 3 is 1.30 bits per heavy atom. The molecule has 154 valence electrons. The summed E-state index contributed by atoms with van der Waals surface area (Å²) in [5, 5.41) is 12.0. The second-order valence-corrected chi connectivity index (χ2v) is 7.59. The molecular weight excluding hydrogens is 470 g/mol. The molecule has 3 aromatic carbocycles. The van der Waals surface area contributed by atoms with Crippen LogP contribution in [0.3, 0.4) is 0 Å². The largest absolute Gasteiger partial charge is 0.323 e. The fraction of sp³-hybridized carbons (Fsp3) is 0. The van der Waals surface area contributed by atoms with E-state index in [9.17, 15) is 9.59 Å². The first-order valence-electron chi connectivity index (χ1n) is 8.47. The summed E-state index contributed by atoms with van der Waals surface area (Å²) in [6, 6.07) is 15.1. The molecule has 4 amide bonds. The highest BCUT2D eigenvalue weighted by Crippen LogP contribution is 2.27. The molecule has 0 unspecified atom stereocenters. The minimum atomic E-state index is -0.521. The van der Waals surface area contributed by atoms with Crippen LogP contribution in [0.2, 0.25) is 20.1 Å². The number of hydrogen-bond donors (Lipinski definition) is 4. The van der Waals surface area contributed by atoms with Gasteiger partial charge in [0.05, 0.1) is 31.5 Å². The predicted molar refractivity (Wildman–Crippen MR) is 125 cm³/mol. The van der Waals surface area contributed by atoms with Crippen molar-refractivity contribution < 1.29 is 9.59 Å². The van der Waals surface area contributed by atoms with Crippen LogP contribution in [0.15, 0.2) is 60.7 Å². The smallest absolute Gasteiger partial charge is 0.308 e. The second-order valence-electron chi connectivity index (χ2n) is 5.96. The van der Waals surface area contributed by atoms with E-state index in [0.717, 1.165) is 0 Å². The Labute approximate surface area is 192 Å². The zero-order chi connectivity index (χ0) is 21.7. The Morgan fingerprint density at radius 1 is 0.533 bits per heavy atom. The minimum Gasteiger partial charge on any atom is -0.308 e. The zero-order valence-corrected chi connectivity index (χ0v) is 18.1. The van der Waals surface area contributed by atoms with Crippen LogP contribution in [0.5, 0.6) is 0 Å². The minimum absolute atomic E-state index is 0.315. The lowest BCUT2D eigenvalue weighted by Crippen LogP contribution is -2.23. The van der Waals surface area contributed by atoms with Gasteiger partial charge in [-0.1, -0.05) is 58.5 Å². The van der Waals surface area contributed by atoms with Gasteiger partial charge in [0.1, 0.15) is 0 Å². The van der Waals surface area contributed by atoms with Gasteiger partial charge in [-0.05, 0) is 48.5 Å². The van der Waals surface area contributed by atoms with Crippen molar-refractivity contribution in [1.82, 2.24) is 0 Å². The molecule has 0 heterocycles. The van der Waals surface area contributed by atoms with Gasteiger partial charge < -0.3 is 21.3 Å². The molecule has 0 saturated heterocycles. The predicted octanol–water partition coefficient (Wildman–Crippen LogP) is 7.59. The van der Waals surface area contributed by atoms with Gasteiger partial charge in [-0.2, -0.15) is 0 Å². The summed E-state index contributed by atoms with van der Waals surface area (Å²) < 4.78 is 0. The van der Waals surface area contributed by atoms with E-state index in [0.29, 0.717) is 42.8 Å². The van der Waals surface area contributed by atoms with Crippen molar-refractivity contribution in [3.05, 3.63) is 80.8 Å². The number of nitrogens with one attached hydrogen (secondary N) is 4. The normalized spacial score (nSPS) is 10.3. The fourth-order valence-corrected chi connectivity index (χ4v) is 3.01. The molecule has 0 aliphatic carbocycles. The Hall–Kier alpha value is -2.64. The van der Waals surface area contributed by atoms with Crippen molar-refractivity contribution in [3.63, 3.8) is 0 Å². The third-order valence-electron chi connectivity index (χ3n) is 3.78. The maximum atomic E-state index is 12.3. The summed E-state index contributed by atoms with van der Waals surface area (Å²) in [7, 11) is 0. The molecule has 0 bridgehead atoms. The highest BCUT2D eigenvalue weighted by atomic mass is 35.5. The number of benzene rings is 3. The zero-order valence-electron chi connectivity index (χ0n) is 15.1. The standard InChI is InChI=1S/C20H14Cl4N4O2/c21-13-7-5-11(9-15(13)23)25-19(29)27-17-3-1-2-4-18(17)28-20(30)26-12-6-8-14(22)16(24)10-12/h1-10H,(H2,25,27,29)(H2,26,28,30). The van der Waals surface area contributed by atoms with E-state index < -0.39 is 12.1 Å². The van der Waals surface area contributed by atoms with Gasteiger partial charge in [-0.3, -0.25) is 0 Å². The van der Waals surface area contributed by atoms with E-state index in [1.807, 2.05) is 0 Å².